The van der Waals surface area contributed by atoms with Crippen molar-refractivity contribution in [3.8, 4) is 5.75 Å². The molecule has 0 radical (unpaired) electrons. The highest BCUT2D eigenvalue weighted by Gasteiger charge is 2.33. The van der Waals surface area contributed by atoms with Crippen molar-refractivity contribution in [2.24, 2.45) is 5.41 Å². The van der Waals surface area contributed by atoms with E-state index in [1.54, 1.807) is 6.08 Å². The molecule has 3 heteroatoms. The second-order valence-corrected chi connectivity index (χ2v) is 5.05. The molecule has 1 aliphatic heterocycles. The Hall–Kier alpha value is -1.48. The van der Waals surface area contributed by atoms with Crippen molar-refractivity contribution in [3.63, 3.8) is 0 Å². The number of para-hydroxylation sites is 1. The first-order valence-corrected chi connectivity index (χ1v) is 5.82. The van der Waals surface area contributed by atoms with Crippen LogP contribution in [0.3, 0.4) is 0 Å². The highest BCUT2D eigenvalue weighted by molar-refractivity contribution is 5.67. The third-order valence-corrected chi connectivity index (χ3v) is 3.25. The van der Waals surface area contributed by atoms with Crippen LogP contribution in [0.15, 0.2) is 30.3 Å². The van der Waals surface area contributed by atoms with Crippen molar-refractivity contribution in [1.29, 1.82) is 0 Å². The minimum absolute atomic E-state index is 0.114. The maximum absolute atomic E-state index is 9.98. The maximum atomic E-state index is 9.98. The van der Waals surface area contributed by atoms with Gasteiger partial charge in [0.05, 0.1) is 5.56 Å². The fraction of sp³-hybridized carbons (Fsp3) is 0.429. The molecule has 0 aliphatic carbocycles. The molecule has 1 heterocycles. The van der Waals surface area contributed by atoms with Gasteiger partial charge in [-0.25, -0.2) is 0 Å². The van der Waals surface area contributed by atoms with Gasteiger partial charge in [-0.05, 0) is 24.6 Å². The number of hydrogen-bond donors (Lipinski definition) is 2. The van der Waals surface area contributed by atoms with Gasteiger partial charge in [-0.1, -0.05) is 26.0 Å². The SMILES string of the molecule is CC(C)(CCO)C1C=C(O)c2ccccc2O1. The van der Waals surface area contributed by atoms with Crippen molar-refractivity contribution in [1.82, 2.24) is 0 Å². The van der Waals surface area contributed by atoms with Crippen molar-refractivity contribution in [2.75, 3.05) is 6.61 Å². The lowest BCUT2D eigenvalue weighted by atomic mass is 9.82. The number of fused-ring (bicyclic) bond motifs is 1. The molecule has 92 valence electrons. The lowest BCUT2D eigenvalue weighted by Crippen LogP contribution is -2.35. The first kappa shape index (κ1) is 12.0. The Labute approximate surface area is 101 Å². The Balaban J connectivity index is 2.30. The second-order valence-electron chi connectivity index (χ2n) is 5.05. The van der Waals surface area contributed by atoms with Crippen LogP contribution >= 0.6 is 0 Å². The molecule has 0 fully saturated rings. The number of ether oxygens (including phenoxy) is 1. The zero-order valence-corrected chi connectivity index (χ0v) is 10.2. The molecular weight excluding hydrogens is 216 g/mol. The van der Waals surface area contributed by atoms with E-state index in [2.05, 4.69) is 0 Å². The highest BCUT2D eigenvalue weighted by Crippen LogP contribution is 2.37. The van der Waals surface area contributed by atoms with E-state index in [4.69, 9.17) is 9.84 Å². The molecule has 3 nitrogen and oxygen atoms in total. The minimum atomic E-state index is -0.218. The van der Waals surface area contributed by atoms with Gasteiger partial charge in [0.25, 0.3) is 0 Å². The summed E-state index contributed by atoms with van der Waals surface area (Å²) in [5.41, 5.74) is 0.513. The Morgan fingerprint density at radius 3 is 2.71 bits per heavy atom. The number of aliphatic hydroxyl groups is 2. The molecule has 1 atom stereocenters. The van der Waals surface area contributed by atoms with E-state index in [1.807, 2.05) is 38.1 Å². The summed E-state index contributed by atoms with van der Waals surface area (Å²) in [6.07, 6.45) is 2.13. The van der Waals surface area contributed by atoms with Crippen LogP contribution in [0.2, 0.25) is 0 Å². The molecule has 1 aromatic rings. The van der Waals surface area contributed by atoms with Gasteiger partial charge in [0.2, 0.25) is 0 Å². The summed E-state index contributed by atoms with van der Waals surface area (Å²) in [5.74, 6) is 0.950. The summed E-state index contributed by atoms with van der Waals surface area (Å²) < 4.78 is 5.87. The van der Waals surface area contributed by atoms with Crippen LogP contribution in [0.1, 0.15) is 25.8 Å². The molecule has 2 rings (SSSR count). The molecule has 0 spiro atoms. The van der Waals surface area contributed by atoms with Gasteiger partial charge in [0.15, 0.2) is 0 Å². The summed E-state index contributed by atoms with van der Waals surface area (Å²) in [7, 11) is 0. The third kappa shape index (κ3) is 2.29. The molecule has 17 heavy (non-hydrogen) atoms. The van der Waals surface area contributed by atoms with Gasteiger partial charge in [0, 0.05) is 12.0 Å². The molecular formula is C14H18O3. The lowest BCUT2D eigenvalue weighted by molar-refractivity contribution is 0.0810. The van der Waals surface area contributed by atoms with E-state index in [1.165, 1.54) is 0 Å². The number of benzene rings is 1. The molecule has 0 bridgehead atoms. The Morgan fingerprint density at radius 1 is 1.29 bits per heavy atom. The molecule has 2 N–H and O–H groups in total. The molecule has 0 amide bonds. The smallest absolute Gasteiger partial charge is 0.131 e. The van der Waals surface area contributed by atoms with Crippen molar-refractivity contribution in [3.05, 3.63) is 35.9 Å². The van der Waals surface area contributed by atoms with Crippen LogP contribution in [0.4, 0.5) is 0 Å². The quantitative estimate of drug-likeness (QED) is 0.845. The van der Waals surface area contributed by atoms with Crippen molar-refractivity contribution < 1.29 is 14.9 Å². The molecule has 0 aromatic heterocycles. The van der Waals surface area contributed by atoms with Crippen molar-refractivity contribution >= 4 is 5.76 Å². The van der Waals surface area contributed by atoms with Crippen LogP contribution < -0.4 is 4.74 Å². The zero-order valence-electron chi connectivity index (χ0n) is 10.2. The lowest BCUT2D eigenvalue weighted by Gasteiger charge is -2.35. The van der Waals surface area contributed by atoms with Crippen LogP contribution in [0.5, 0.6) is 5.75 Å². The van der Waals surface area contributed by atoms with Gasteiger partial charge >= 0.3 is 0 Å². The summed E-state index contributed by atoms with van der Waals surface area (Å²) in [6, 6.07) is 7.43. The number of hydrogen-bond acceptors (Lipinski definition) is 3. The molecule has 0 saturated carbocycles. The summed E-state index contributed by atoms with van der Waals surface area (Å²) in [6.45, 7) is 4.15. The topological polar surface area (TPSA) is 49.7 Å². The molecule has 1 unspecified atom stereocenters. The first-order valence-electron chi connectivity index (χ1n) is 5.82. The van der Waals surface area contributed by atoms with E-state index in [9.17, 15) is 5.11 Å². The molecule has 1 aromatic carbocycles. The Kier molecular flexibility index (Phi) is 3.11. The summed E-state index contributed by atoms with van der Waals surface area (Å²) in [5, 5.41) is 19.0. The van der Waals surface area contributed by atoms with Crippen LogP contribution in [0.25, 0.3) is 5.76 Å². The fourth-order valence-corrected chi connectivity index (χ4v) is 2.00. The second kappa shape index (κ2) is 4.41. The zero-order chi connectivity index (χ0) is 12.5. The van der Waals surface area contributed by atoms with Crippen LogP contribution in [-0.2, 0) is 0 Å². The fourth-order valence-electron chi connectivity index (χ4n) is 2.00. The van der Waals surface area contributed by atoms with E-state index in [0.717, 1.165) is 5.56 Å². The van der Waals surface area contributed by atoms with Crippen LogP contribution in [-0.4, -0.2) is 22.9 Å². The molecule has 1 aliphatic rings. The summed E-state index contributed by atoms with van der Waals surface area (Å²) >= 11 is 0. The van der Waals surface area contributed by atoms with E-state index in [-0.39, 0.29) is 23.9 Å². The normalized spacial score (nSPS) is 19.2. The monoisotopic (exact) mass is 234 g/mol. The average molecular weight is 234 g/mol. The highest BCUT2D eigenvalue weighted by atomic mass is 16.5. The van der Waals surface area contributed by atoms with Gasteiger partial charge in [0.1, 0.15) is 17.6 Å². The van der Waals surface area contributed by atoms with E-state index in [0.29, 0.717) is 12.2 Å². The Morgan fingerprint density at radius 2 is 2.00 bits per heavy atom. The minimum Gasteiger partial charge on any atom is -0.507 e. The van der Waals surface area contributed by atoms with Gasteiger partial charge in [-0.2, -0.15) is 0 Å². The largest absolute Gasteiger partial charge is 0.507 e. The standard InChI is InChI=1S/C14H18O3/c1-14(2,7-8-15)13-9-11(16)10-5-3-4-6-12(10)17-13/h3-6,9,13,15-16H,7-8H2,1-2H3. The Bertz CT molecular complexity index is 435. The average Bonchev–Trinajstić information content (AvgIpc) is 2.29. The number of aliphatic hydroxyl groups excluding tert-OH is 2. The predicted octanol–water partition coefficient (Wildman–Crippen LogP) is 2.76. The van der Waals surface area contributed by atoms with Gasteiger partial charge < -0.3 is 14.9 Å². The predicted molar refractivity (Wildman–Crippen MR) is 66.9 cm³/mol. The third-order valence-electron chi connectivity index (χ3n) is 3.25. The van der Waals surface area contributed by atoms with Gasteiger partial charge in [-0.3, -0.25) is 0 Å². The van der Waals surface area contributed by atoms with E-state index >= 15 is 0 Å². The first-order chi connectivity index (χ1) is 8.04. The van der Waals surface area contributed by atoms with E-state index < -0.39 is 0 Å². The van der Waals surface area contributed by atoms with Crippen molar-refractivity contribution in [2.45, 2.75) is 26.4 Å². The number of rotatable bonds is 3. The summed E-state index contributed by atoms with van der Waals surface area (Å²) in [4.78, 5) is 0. The van der Waals surface area contributed by atoms with Crippen LogP contribution in [0, 0.1) is 5.41 Å². The maximum Gasteiger partial charge on any atom is 0.131 e. The van der Waals surface area contributed by atoms with Gasteiger partial charge in [-0.15, -0.1) is 0 Å². The molecule has 0 saturated heterocycles.